The number of benzene rings is 2. The lowest BCUT2D eigenvalue weighted by molar-refractivity contribution is -0.120. The number of nitrogens with zero attached hydrogens (tertiary/aromatic N) is 1. The second-order valence-electron chi connectivity index (χ2n) is 9.76. The molecule has 3 N–H and O–H groups in total. The van der Waals surface area contributed by atoms with Gasteiger partial charge in [0.2, 0.25) is 0 Å². The molecule has 1 aliphatic heterocycles. The minimum Gasteiger partial charge on any atom is -0.388 e. The molecule has 1 fully saturated rings. The number of Topliss-reactive ketones (excluding diaryl/α,β-unsaturated/α-hetero) is 3. The van der Waals surface area contributed by atoms with Crippen molar-refractivity contribution in [2.45, 2.75) is 38.5 Å². The number of carbonyl (C=O) groups is 3. The summed E-state index contributed by atoms with van der Waals surface area (Å²) in [6.45, 7) is 3.73. The predicted molar refractivity (Wildman–Crippen MR) is 140 cm³/mol. The maximum absolute atomic E-state index is 13.9. The SMILES string of the molecule is CNc1cc(F)cc2c1CC(=O)C(C(=O)Cc1ccc(C(=O)CCC3CCN(CCN)CC3)cc1)=C2. The predicted octanol–water partition coefficient (Wildman–Crippen LogP) is 3.82. The Morgan fingerprint density at radius 3 is 2.50 bits per heavy atom. The largest absolute Gasteiger partial charge is 0.388 e. The van der Waals surface area contributed by atoms with Crippen LogP contribution in [0.2, 0.25) is 0 Å². The van der Waals surface area contributed by atoms with E-state index in [0.717, 1.165) is 44.5 Å². The van der Waals surface area contributed by atoms with Gasteiger partial charge in [0.1, 0.15) is 5.82 Å². The van der Waals surface area contributed by atoms with Crippen molar-refractivity contribution in [2.24, 2.45) is 11.7 Å². The number of ketones is 3. The van der Waals surface area contributed by atoms with Crippen molar-refractivity contribution in [3.8, 4) is 0 Å². The van der Waals surface area contributed by atoms with Gasteiger partial charge >= 0.3 is 0 Å². The molecule has 0 bridgehead atoms. The summed E-state index contributed by atoms with van der Waals surface area (Å²) in [5, 5.41) is 2.91. The molecule has 1 aliphatic carbocycles. The zero-order valence-electron chi connectivity index (χ0n) is 20.8. The highest BCUT2D eigenvalue weighted by Gasteiger charge is 2.26. The fraction of sp³-hybridized carbons (Fsp3) is 0.414. The van der Waals surface area contributed by atoms with Crippen LogP contribution in [0.4, 0.5) is 10.1 Å². The fourth-order valence-electron chi connectivity index (χ4n) is 5.18. The number of rotatable bonds is 10. The summed E-state index contributed by atoms with van der Waals surface area (Å²) in [6.07, 6.45) is 5.23. The fourth-order valence-corrected chi connectivity index (χ4v) is 5.18. The van der Waals surface area contributed by atoms with E-state index in [2.05, 4.69) is 10.2 Å². The zero-order chi connectivity index (χ0) is 25.7. The van der Waals surface area contributed by atoms with Crippen molar-refractivity contribution in [3.05, 3.63) is 70.0 Å². The van der Waals surface area contributed by atoms with Gasteiger partial charge in [0.05, 0.1) is 5.57 Å². The lowest BCUT2D eigenvalue weighted by Gasteiger charge is -2.31. The number of fused-ring (bicyclic) bond motifs is 1. The van der Waals surface area contributed by atoms with Crippen LogP contribution in [0.3, 0.4) is 0 Å². The maximum Gasteiger partial charge on any atom is 0.170 e. The number of allylic oxidation sites excluding steroid dienone is 1. The Balaban J connectivity index is 1.34. The molecule has 6 nitrogen and oxygen atoms in total. The molecule has 1 saturated heterocycles. The minimum atomic E-state index is -0.423. The first-order valence-electron chi connectivity index (χ1n) is 12.7. The van der Waals surface area contributed by atoms with Gasteiger partial charge in [-0.2, -0.15) is 0 Å². The smallest absolute Gasteiger partial charge is 0.170 e. The third kappa shape index (κ3) is 6.15. The average molecular weight is 492 g/mol. The van der Waals surface area contributed by atoms with E-state index < -0.39 is 5.82 Å². The minimum absolute atomic E-state index is 0.0525. The Morgan fingerprint density at radius 1 is 1.11 bits per heavy atom. The molecule has 190 valence electrons. The lowest BCUT2D eigenvalue weighted by atomic mass is 9.86. The van der Waals surface area contributed by atoms with Crippen LogP contribution in [0.25, 0.3) is 6.08 Å². The Morgan fingerprint density at radius 2 is 1.83 bits per heavy atom. The molecule has 0 radical (unpaired) electrons. The van der Waals surface area contributed by atoms with Crippen LogP contribution in [0, 0.1) is 11.7 Å². The van der Waals surface area contributed by atoms with Crippen molar-refractivity contribution in [1.82, 2.24) is 4.90 Å². The molecule has 1 heterocycles. The van der Waals surface area contributed by atoms with E-state index in [1.54, 1.807) is 31.3 Å². The number of piperidine rings is 1. The zero-order valence-corrected chi connectivity index (χ0v) is 20.8. The third-order valence-corrected chi connectivity index (χ3v) is 7.33. The van der Waals surface area contributed by atoms with Crippen molar-refractivity contribution >= 4 is 29.1 Å². The Labute approximate surface area is 211 Å². The molecule has 0 atom stereocenters. The molecule has 36 heavy (non-hydrogen) atoms. The average Bonchev–Trinajstić information content (AvgIpc) is 2.88. The molecule has 0 saturated carbocycles. The Kier molecular flexibility index (Phi) is 8.44. The number of carbonyl (C=O) groups excluding carboxylic acids is 3. The van der Waals surface area contributed by atoms with Crippen LogP contribution < -0.4 is 11.1 Å². The summed E-state index contributed by atoms with van der Waals surface area (Å²) < 4.78 is 13.9. The Bertz CT molecular complexity index is 1170. The van der Waals surface area contributed by atoms with Crippen molar-refractivity contribution in [1.29, 1.82) is 0 Å². The van der Waals surface area contributed by atoms with Crippen LogP contribution in [-0.2, 0) is 22.4 Å². The third-order valence-electron chi connectivity index (χ3n) is 7.33. The number of hydrogen-bond acceptors (Lipinski definition) is 6. The first-order chi connectivity index (χ1) is 17.4. The first kappa shape index (κ1) is 25.9. The van der Waals surface area contributed by atoms with E-state index in [1.165, 1.54) is 18.2 Å². The number of nitrogens with two attached hydrogens (primary N) is 1. The summed E-state index contributed by atoms with van der Waals surface area (Å²) in [5.41, 5.74) is 8.90. The first-order valence-corrected chi connectivity index (χ1v) is 12.7. The van der Waals surface area contributed by atoms with Gasteiger partial charge < -0.3 is 16.0 Å². The van der Waals surface area contributed by atoms with Crippen molar-refractivity contribution in [2.75, 3.05) is 38.5 Å². The molecule has 2 aromatic rings. The van der Waals surface area contributed by atoms with Gasteiger partial charge in [-0.05, 0) is 73.2 Å². The highest BCUT2D eigenvalue weighted by Crippen LogP contribution is 2.30. The maximum atomic E-state index is 13.9. The number of anilines is 1. The number of likely N-dealkylation sites (tertiary alicyclic amines) is 1. The monoisotopic (exact) mass is 491 g/mol. The van der Waals surface area contributed by atoms with E-state index in [1.807, 2.05) is 0 Å². The van der Waals surface area contributed by atoms with E-state index in [4.69, 9.17) is 5.73 Å². The summed E-state index contributed by atoms with van der Waals surface area (Å²) in [5.74, 6) is -0.310. The molecule has 2 aliphatic rings. The number of nitrogens with one attached hydrogen (secondary N) is 1. The van der Waals surface area contributed by atoms with E-state index in [0.29, 0.717) is 41.3 Å². The van der Waals surface area contributed by atoms with Crippen molar-refractivity contribution < 1.29 is 18.8 Å². The molecule has 0 spiro atoms. The number of halogens is 1. The molecule has 0 aromatic heterocycles. The van der Waals surface area contributed by atoms with Crippen LogP contribution in [0.5, 0.6) is 0 Å². The summed E-state index contributed by atoms with van der Waals surface area (Å²) in [7, 11) is 1.67. The highest BCUT2D eigenvalue weighted by atomic mass is 19.1. The molecule has 0 unspecified atom stereocenters. The van der Waals surface area contributed by atoms with E-state index in [9.17, 15) is 18.8 Å². The summed E-state index contributed by atoms with van der Waals surface area (Å²) >= 11 is 0. The van der Waals surface area contributed by atoms with Crippen LogP contribution in [0.1, 0.15) is 52.7 Å². The molecule has 2 aromatic carbocycles. The number of hydrogen-bond donors (Lipinski definition) is 2. The highest BCUT2D eigenvalue weighted by molar-refractivity contribution is 6.25. The molecular formula is C29H34FN3O3. The van der Waals surface area contributed by atoms with Gasteiger partial charge in [0.25, 0.3) is 0 Å². The molecule has 7 heteroatoms. The van der Waals surface area contributed by atoms with Gasteiger partial charge in [0.15, 0.2) is 17.3 Å². The summed E-state index contributed by atoms with van der Waals surface area (Å²) in [6, 6.07) is 9.76. The topological polar surface area (TPSA) is 92.5 Å². The van der Waals surface area contributed by atoms with Gasteiger partial charge in [-0.3, -0.25) is 14.4 Å². The van der Waals surface area contributed by atoms with E-state index in [-0.39, 0.29) is 35.8 Å². The Hall–Kier alpha value is -3.16. The second kappa shape index (κ2) is 11.7. The molecule has 4 rings (SSSR count). The van der Waals surface area contributed by atoms with Crippen LogP contribution >= 0.6 is 0 Å². The summed E-state index contributed by atoms with van der Waals surface area (Å²) in [4.78, 5) is 40.7. The van der Waals surface area contributed by atoms with Gasteiger partial charge in [0, 0.05) is 50.7 Å². The normalized spacial score (nSPS) is 16.4. The van der Waals surface area contributed by atoms with Gasteiger partial charge in [-0.1, -0.05) is 24.3 Å². The van der Waals surface area contributed by atoms with Crippen LogP contribution in [-0.4, -0.2) is 55.5 Å². The standard InChI is InChI=1S/C29H34FN3O3/c1-32-26-17-23(30)15-22-16-25(29(36)18-24(22)26)28(35)14-20-2-5-21(6-3-20)27(34)7-4-19-8-11-33(12-9-19)13-10-31/h2-3,5-6,15-17,19,32H,4,7-14,18,31H2,1H3. The molecule has 0 amide bonds. The second-order valence-corrected chi connectivity index (χ2v) is 9.76. The van der Waals surface area contributed by atoms with Gasteiger partial charge in [-0.25, -0.2) is 4.39 Å². The quantitative estimate of drug-likeness (QED) is 0.388. The lowest BCUT2D eigenvalue weighted by Crippen LogP contribution is -2.37. The molecular weight excluding hydrogens is 457 g/mol. The van der Waals surface area contributed by atoms with Crippen LogP contribution in [0.15, 0.2) is 42.0 Å². The van der Waals surface area contributed by atoms with E-state index >= 15 is 0 Å². The van der Waals surface area contributed by atoms with Gasteiger partial charge in [-0.15, -0.1) is 0 Å². The van der Waals surface area contributed by atoms with Crippen molar-refractivity contribution in [3.63, 3.8) is 0 Å².